The van der Waals surface area contributed by atoms with Gasteiger partial charge in [-0.2, -0.15) is 0 Å². The minimum atomic E-state index is -0.813. The van der Waals surface area contributed by atoms with Gasteiger partial charge in [0.05, 0.1) is 0 Å². The number of ether oxygens (including phenoxy) is 3. The van der Waals surface area contributed by atoms with E-state index < -0.39 is 6.10 Å². The third kappa shape index (κ3) is 66.5. The summed E-state index contributed by atoms with van der Waals surface area (Å²) in [6.07, 6.45) is 94.9. The van der Waals surface area contributed by atoms with E-state index in [1.54, 1.807) is 0 Å². The SMILES string of the molecule is CC/C=C\C/C=C\C/C=C\C/C=C\C/C=C\C/C=C\CCCCC(=O)OC(COC(=O)CCCCCCCC/C=C\C/C=C\C/C=C\CCCCC)COC(=O)CCCCCCCCCCCCC/C=C\CCCCCCCCCC. The van der Waals surface area contributed by atoms with Crippen LogP contribution >= 0.6 is 0 Å². The summed E-state index contributed by atoms with van der Waals surface area (Å²) in [5.74, 6) is -0.952. The second-order valence-electron chi connectivity index (χ2n) is 22.3. The zero-order valence-electron chi connectivity index (χ0n) is 53.0. The molecule has 0 rings (SSSR count). The van der Waals surface area contributed by atoms with Crippen LogP contribution in [0.5, 0.6) is 0 Å². The van der Waals surface area contributed by atoms with Crippen LogP contribution in [0.25, 0.3) is 0 Å². The van der Waals surface area contributed by atoms with Crippen molar-refractivity contribution in [1.29, 1.82) is 0 Å². The van der Waals surface area contributed by atoms with Crippen LogP contribution in [0.4, 0.5) is 0 Å². The van der Waals surface area contributed by atoms with Gasteiger partial charge in [-0.25, -0.2) is 0 Å². The Balaban J connectivity index is 4.47. The lowest BCUT2D eigenvalue weighted by atomic mass is 10.0. The number of carbonyl (C=O) groups excluding carboxylic acids is 3. The summed E-state index contributed by atoms with van der Waals surface area (Å²) >= 11 is 0. The molecule has 0 radical (unpaired) electrons. The normalized spacial score (nSPS) is 12.9. The fourth-order valence-electron chi connectivity index (χ4n) is 9.33. The zero-order chi connectivity index (χ0) is 58.5. The lowest BCUT2D eigenvalue weighted by molar-refractivity contribution is -0.167. The van der Waals surface area contributed by atoms with Gasteiger partial charge in [-0.3, -0.25) is 14.4 Å². The van der Waals surface area contributed by atoms with Crippen molar-refractivity contribution in [2.45, 2.75) is 322 Å². The molecule has 0 saturated carbocycles. The van der Waals surface area contributed by atoms with Crippen molar-refractivity contribution in [2.24, 2.45) is 0 Å². The fourth-order valence-corrected chi connectivity index (χ4v) is 9.33. The van der Waals surface area contributed by atoms with Crippen LogP contribution in [0, 0.1) is 0 Å². The van der Waals surface area contributed by atoms with E-state index in [1.807, 2.05) is 0 Å². The summed E-state index contributed by atoms with van der Waals surface area (Å²) in [4.78, 5) is 38.4. The predicted molar refractivity (Wildman–Crippen MR) is 353 cm³/mol. The van der Waals surface area contributed by atoms with Gasteiger partial charge in [-0.05, 0) is 135 Å². The van der Waals surface area contributed by atoms with Crippen LogP contribution in [-0.2, 0) is 28.6 Å². The Kier molecular flexibility index (Phi) is 64.8. The molecule has 0 aliphatic carbocycles. The first-order valence-corrected chi connectivity index (χ1v) is 34.0. The van der Waals surface area contributed by atoms with Gasteiger partial charge in [0.1, 0.15) is 13.2 Å². The van der Waals surface area contributed by atoms with Gasteiger partial charge in [0.25, 0.3) is 0 Å². The first-order chi connectivity index (χ1) is 40.0. The highest BCUT2D eigenvalue weighted by molar-refractivity contribution is 5.71. The highest BCUT2D eigenvalue weighted by atomic mass is 16.6. The number of rotatable bonds is 61. The van der Waals surface area contributed by atoms with E-state index in [9.17, 15) is 14.4 Å². The molecular weight excluding hydrogens is 997 g/mol. The summed E-state index contributed by atoms with van der Waals surface area (Å²) in [5.41, 5.74) is 0. The Morgan fingerprint density at radius 2 is 0.481 bits per heavy atom. The van der Waals surface area contributed by atoms with Gasteiger partial charge >= 0.3 is 17.9 Å². The molecule has 0 amide bonds. The Labute approximate surface area is 501 Å². The topological polar surface area (TPSA) is 78.9 Å². The maximum Gasteiger partial charge on any atom is 0.306 e. The Bertz CT molecular complexity index is 1670. The molecule has 81 heavy (non-hydrogen) atoms. The van der Waals surface area contributed by atoms with Crippen LogP contribution in [0.2, 0.25) is 0 Å². The number of hydrogen-bond acceptors (Lipinski definition) is 6. The van der Waals surface area contributed by atoms with Crippen LogP contribution < -0.4 is 0 Å². The molecule has 0 fully saturated rings. The molecule has 0 aromatic carbocycles. The number of allylic oxidation sites excluding steroid dienone is 20. The van der Waals surface area contributed by atoms with Crippen LogP contribution in [0.15, 0.2) is 122 Å². The molecule has 1 atom stereocenters. The second-order valence-corrected chi connectivity index (χ2v) is 22.3. The molecule has 0 saturated heterocycles. The van der Waals surface area contributed by atoms with Gasteiger partial charge < -0.3 is 14.2 Å². The molecule has 0 bridgehead atoms. The Hall–Kier alpha value is -4.19. The summed E-state index contributed by atoms with van der Waals surface area (Å²) in [5, 5.41) is 0. The van der Waals surface area contributed by atoms with Crippen molar-refractivity contribution in [3.05, 3.63) is 122 Å². The van der Waals surface area contributed by atoms with Crippen molar-refractivity contribution < 1.29 is 28.6 Å². The first-order valence-electron chi connectivity index (χ1n) is 34.0. The Morgan fingerprint density at radius 3 is 0.815 bits per heavy atom. The maximum absolute atomic E-state index is 12.9. The van der Waals surface area contributed by atoms with Crippen molar-refractivity contribution in [1.82, 2.24) is 0 Å². The average Bonchev–Trinajstić information content (AvgIpc) is 3.47. The number of carbonyl (C=O) groups is 3. The van der Waals surface area contributed by atoms with E-state index in [0.29, 0.717) is 19.3 Å². The molecule has 0 aliphatic heterocycles. The smallest absolute Gasteiger partial charge is 0.306 e. The lowest BCUT2D eigenvalue weighted by Gasteiger charge is -2.18. The predicted octanol–water partition coefficient (Wildman–Crippen LogP) is 23.6. The van der Waals surface area contributed by atoms with Crippen LogP contribution in [-0.4, -0.2) is 37.2 Å². The van der Waals surface area contributed by atoms with Crippen molar-refractivity contribution in [3.63, 3.8) is 0 Å². The molecule has 6 nitrogen and oxygen atoms in total. The van der Waals surface area contributed by atoms with E-state index in [-0.39, 0.29) is 37.5 Å². The van der Waals surface area contributed by atoms with E-state index in [2.05, 4.69) is 142 Å². The van der Waals surface area contributed by atoms with E-state index in [4.69, 9.17) is 14.2 Å². The lowest BCUT2D eigenvalue weighted by Crippen LogP contribution is -2.30. The number of unbranched alkanes of at least 4 members (excludes halogenated alkanes) is 30. The summed E-state index contributed by atoms with van der Waals surface area (Å²) < 4.78 is 16.9. The van der Waals surface area contributed by atoms with Crippen molar-refractivity contribution in [2.75, 3.05) is 13.2 Å². The highest BCUT2D eigenvalue weighted by Crippen LogP contribution is 2.16. The first kappa shape index (κ1) is 76.8. The molecule has 462 valence electrons. The van der Waals surface area contributed by atoms with Crippen molar-refractivity contribution in [3.8, 4) is 0 Å². The van der Waals surface area contributed by atoms with Crippen molar-refractivity contribution >= 4 is 17.9 Å². The highest BCUT2D eigenvalue weighted by Gasteiger charge is 2.19. The van der Waals surface area contributed by atoms with Gasteiger partial charge in [-0.15, -0.1) is 0 Å². The van der Waals surface area contributed by atoms with Crippen LogP contribution in [0.3, 0.4) is 0 Å². The quantitative estimate of drug-likeness (QED) is 0.0261. The molecular formula is C75H126O6. The maximum atomic E-state index is 12.9. The van der Waals surface area contributed by atoms with Gasteiger partial charge in [0.15, 0.2) is 6.10 Å². The van der Waals surface area contributed by atoms with E-state index >= 15 is 0 Å². The van der Waals surface area contributed by atoms with Crippen LogP contribution in [0.1, 0.15) is 316 Å². The summed E-state index contributed by atoms with van der Waals surface area (Å²) in [6, 6.07) is 0. The number of esters is 3. The van der Waals surface area contributed by atoms with Gasteiger partial charge in [0.2, 0.25) is 0 Å². The monoisotopic (exact) mass is 1120 g/mol. The molecule has 1 unspecified atom stereocenters. The third-order valence-electron chi connectivity index (χ3n) is 14.4. The fraction of sp³-hybridized carbons (Fsp3) is 0.693. The molecule has 0 aliphatic rings. The molecule has 0 aromatic heterocycles. The molecule has 0 N–H and O–H groups in total. The standard InChI is InChI=1S/C75H126O6/c1-4-7-10-13-16-19-22-25-28-31-34-36-37-39-41-44-47-50-53-56-59-62-65-68-74(77)80-71-72(70-79-73(76)67-64-61-58-55-52-49-46-43-40-33-30-27-24-21-18-15-12-9-6-3)81-75(78)69-66-63-60-57-54-51-48-45-42-38-35-32-29-26-23-20-17-14-11-8-5-2/h8,11,17-18,20-21,26-27,29-31,34-35,38,40,43,45,48,54,57,72H,4-7,9-10,12-16,19,22-25,28,32-33,36-37,39,41-42,44,46-47,49-53,55-56,58-71H2,1-3H3/b11-8-,20-17-,21-18-,29-26-,30-27-,34-31-,38-35-,43-40-,48-45-,57-54-. The second kappa shape index (κ2) is 68.3. The molecule has 0 spiro atoms. The van der Waals surface area contributed by atoms with E-state index in [0.717, 1.165) is 116 Å². The van der Waals surface area contributed by atoms with Gasteiger partial charge in [0, 0.05) is 19.3 Å². The average molecular weight is 1120 g/mol. The third-order valence-corrected chi connectivity index (χ3v) is 14.4. The zero-order valence-corrected chi connectivity index (χ0v) is 53.0. The summed E-state index contributed by atoms with van der Waals surface area (Å²) in [6.45, 7) is 6.48. The molecule has 0 heterocycles. The largest absolute Gasteiger partial charge is 0.462 e. The number of hydrogen-bond donors (Lipinski definition) is 0. The van der Waals surface area contributed by atoms with E-state index in [1.165, 1.54) is 154 Å². The summed E-state index contributed by atoms with van der Waals surface area (Å²) in [7, 11) is 0. The van der Waals surface area contributed by atoms with Gasteiger partial charge in [-0.1, -0.05) is 284 Å². The minimum absolute atomic E-state index is 0.102. The molecule has 0 aromatic rings. The Morgan fingerprint density at radius 1 is 0.259 bits per heavy atom. The molecule has 6 heteroatoms. The minimum Gasteiger partial charge on any atom is -0.462 e.